The lowest BCUT2D eigenvalue weighted by atomic mass is 10.00. The Balaban J connectivity index is 1.96. The Hall–Kier alpha value is -1.16. The maximum Gasteiger partial charge on any atom is 0.0802 e. The Bertz CT molecular complexity index is 586. The van der Waals surface area contributed by atoms with Crippen LogP contribution in [0.2, 0.25) is 0 Å². The number of nitrogens with two attached hydrogens (primary N) is 1. The number of thiophene rings is 1. The standard InChI is InChI=1S/C18H24N2S/c1-12-8-13(2)10-15(9-12)18(20-19)17-11-14-6-4-3-5-7-16(14)21-17/h8-11,18,20H,3-7,19H2,1-2H3. The molecule has 0 saturated carbocycles. The van der Waals surface area contributed by atoms with Crippen LogP contribution >= 0.6 is 11.3 Å². The van der Waals surface area contributed by atoms with E-state index in [9.17, 15) is 0 Å². The molecular formula is C18H24N2S. The van der Waals surface area contributed by atoms with E-state index in [0.29, 0.717) is 0 Å². The minimum atomic E-state index is 0.112. The zero-order chi connectivity index (χ0) is 14.8. The van der Waals surface area contributed by atoms with Gasteiger partial charge in [-0.1, -0.05) is 35.7 Å². The monoisotopic (exact) mass is 300 g/mol. The quantitative estimate of drug-likeness (QED) is 0.507. The molecule has 3 N–H and O–H groups in total. The largest absolute Gasteiger partial charge is 0.271 e. The fraction of sp³-hybridized carbons (Fsp3) is 0.444. The first kappa shape index (κ1) is 14.8. The molecule has 2 nitrogen and oxygen atoms in total. The lowest BCUT2D eigenvalue weighted by Crippen LogP contribution is -2.28. The van der Waals surface area contributed by atoms with Gasteiger partial charge < -0.3 is 0 Å². The van der Waals surface area contributed by atoms with E-state index in [4.69, 9.17) is 5.84 Å². The van der Waals surface area contributed by atoms with Gasteiger partial charge in [0.05, 0.1) is 6.04 Å². The van der Waals surface area contributed by atoms with Crippen LogP contribution in [0.3, 0.4) is 0 Å². The average Bonchev–Trinajstić information content (AvgIpc) is 2.69. The average molecular weight is 300 g/mol. The second-order valence-electron chi connectivity index (χ2n) is 6.18. The molecule has 0 aliphatic heterocycles. The van der Waals surface area contributed by atoms with Gasteiger partial charge in [-0.3, -0.25) is 5.84 Å². The van der Waals surface area contributed by atoms with Crippen LogP contribution in [0.25, 0.3) is 0 Å². The van der Waals surface area contributed by atoms with Crippen molar-refractivity contribution in [2.75, 3.05) is 0 Å². The highest BCUT2D eigenvalue weighted by Crippen LogP contribution is 2.35. The normalized spacial score (nSPS) is 16.3. The molecule has 1 aromatic heterocycles. The van der Waals surface area contributed by atoms with Crippen LogP contribution in [-0.4, -0.2) is 0 Å². The van der Waals surface area contributed by atoms with E-state index in [0.717, 1.165) is 0 Å². The first-order valence-electron chi connectivity index (χ1n) is 7.83. The van der Waals surface area contributed by atoms with E-state index in [1.165, 1.54) is 53.7 Å². The number of fused-ring (bicyclic) bond motifs is 1. The minimum absolute atomic E-state index is 0.112. The van der Waals surface area contributed by atoms with Gasteiger partial charge in [-0.05, 0) is 56.7 Å². The molecule has 1 unspecified atom stereocenters. The van der Waals surface area contributed by atoms with Crippen molar-refractivity contribution in [2.45, 2.75) is 52.0 Å². The summed E-state index contributed by atoms with van der Waals surface area (Å²) in [5.74, 6) is 5.88. The van der Waals surface area contributed by atoms with Crippen molar-refractivity contribution in [3.63, 3.8) is 0 Å². The number of hydrogen-bond acceptors (Lipinski definition) is 3. The molecule has 21 heavy (non-hydrogen) atoms. The molecule has 0 amide bonds. The summed E-state index contributed by atoms with van der Waals surface area (Å²) in [6, 6.07) is 9.18. The molecule has 3 rings (SSSR count). The summed E-state index contributed by atoms with van der Waals surface area (Å²) >= 11 is 1.95. The van der Waals surface area contributed by atoms with Gasteiger partial charge in [0, 0.05) is 9.75 Å². The van der Waals surface area contributed by atoms with E-state index in [2.05, 4.69) is 43.5 Å². The van der Waals surface area contributed by atoms with Crippen LogP contribution in [0.15, 0.2) is 24.3 Å². The number of benzene rings is 1. The minimum Gasteiger partial charge on any atom is -0.271 e. The zero-order valence-electron chi connectivity index (χ0n) is 12.9. The molecule has 1 aliphatic carbocycles. The van der Waals surface area contributed by atoms with Crippen LogP contribution in [-0.2, 0) is 12.8 Å². The summed E-state index contributed by atoms with van der Waals surface area (Å²) in [5, 5.41) is 0. The van der Waals surface area contributed by atoms with E-state index in [1.54, 1.807) is 10.4 Å². The molecular weight excluding hydrogens is 276 g/mol. The summed E-state index contributed by atoms with van der Waals surface area (Å²) in [6.45, 7) is 4.29. The van der Waals surface area contributed by atoms with Gasteiger partial charge in [0.2, 0.25) is 0 Å². The zero-order valence-corrected chi connectivity index (χ0v) is 13.7. The summed E-state index contributed by atoms with van der Waals surface area (Å²) in [5.41, 5.74) is 8.44. The van der Waals surface area contributed by atoms with Crippen LogP contribution in [0, 0.1) is 13.8 Å². The fourth-order valence-corrected chi connectivity index (χ4v) is 4.70. The highest BCUT2D eigenvalue weighted by atomic mass is 32.1. The van der Waals surface area contributed by atoms with Crippen molar-refractivity contribution in [3.8, 4) is 0 Å². The first-order chi connectivity index (χ1) is 10.2. The van der Waals surface area contributed by atoms with Crippen molar-refractivity contribution in [3.05, 3.63) is 56.3 Å². The smallest absolute Gasteiger partial charge is 0.0802 e. The highest BCUT2D eigenvalue weighted by molar-refractivity contribution is 7.12. The molecule has 0 radical (unpaired) electrons. The van der Waals surface area contributed by atoms with Gasteiger partial charge in [0.1, 0.15) is 0 Å². The van der Waals surface area contributed by atoms with Crippen molar-refractivity contribution >= 4 is 11.3 Å². The van der Waals surface area contributed by atoms with Crippen LogP contribution in [0.1, 0.15) is 57.3 Å². The van der Waals surface area contributed by atoms with Crippen molar-refractivity contribution in [1.82, 2.24) is 5.43 Å². The Morgan fingerprint density at radius 1 is 1.00 bits per heavy atom. The number of hydrazine groups is 1. The fourth-order valence-electron chi connectivity index (χ4n) is 3.35. The molecule has 1 atom stereocenters. The maximum absolute atomic E-state index is 5.88. The molecule has 0 fully saturated rings. The molecule has 3 heteroatoms. The molecule has 1 aliphatic rings. The Morgan fingerprint density at radius 3 is 2.43 bits per heavy atom. The molecule has 0 bridgehead atoms. The highest BCUT2D eigenvalue weighted by Gasteiger charge is 2.19. The van der Waals surface area contributed by atoms with Crippen molar-refractivity contribution in [1.29, 1.82) is 0 Å². The molecule has 2 aromatic rings. The second kappa shape index (κ2) is 6.30. The van der Waals surface area contributed by atoms with Gasteiger partial charge in [0.25, 0.3) is 0 Å². The SMILES string of the molecule is Cc1cc(C)cc(C(NN)c2cc3c(s2)CCCCC3)c1. The molecule has 112 valence electrons. The van der Waals surface area contributed by atoms with Gasteiger partial charge in [-0.15, -0.1) is 11.3 Å². The molecule has 1 aromatic carbocycles. The molecule has 1 heterocycles. The van der Waals surface area contributed by atoms with Gasteiger partial charge in [-0.25, -0.2) is 5.43 Å². The predicted molar refractivity (Wildman–Crippen MR) is 90.7 cm³/mol. The van der Waals surface area contributed by atoms with Crippen molar-refractivity contribution < 1.29 is 0 Å². The van der Waals surface area contributed by atoms with E-state index >= 15 is 0 Å². The van der Waals surface area contributed by atoms with Crippen LogP contribution in [0.5, 0.6) is 0 Å². The van der Waals surface area contributed by atoms with E-state index in [-0.39, 0.29) is 6.04 Å². The number of hydrogen-bond donors (Lipinski definition) is 2. The third-order valence-corrected chi connectivity index (χ3v) is 5.60. The summed E-state index contributed by atoms with van der Waals surface area (Å²) in [7, 11) is 0. The number of aryl methyl sites for hydroxylation is 4. The van der Waals surface area contributed by atoms with E-state index in [1.807, 2.05) is 11.3 Å². The second-order valence-corrected chi connectivity index (χ2v) is 7.35. The molecule has 0 spiro atoms. The summed E-state index contributed by atoms with van der Waals surface area (Å²) in [4.78, 5) is 2.93. The van der Waals surface area contributed by atoms with Gasteiger partial charge in [-0.2, -0.15) is 0 Å². The van der Waals surface area contributed by atoms with E-state index < -0.39 is 0 Å². The lowest BCUT2D eigenvalue weighted by Gasteiger charge is -2.16. The topological polar surface area (TPSA) is 38.0 Å². The molecule has 0 saturated heterocycles. The number of nitrogens with one attached hydrogen (secondary N) is 1. The maximum atomic E-state index is 5.88. The first-order valence-corrected chi connectivity index (χ1v) is 8.65. The van der Waals surface area contributed by atoms with Crippen molar-refractivity contribution in [2.24, 2.45) is 5.84 Å². The summed E-state index contributed by atoms with van der Waals surface area (Å²) in [6.07, 6.45) is 6.50. The lowest BCUT2D eigenvalue weighted by molar-refractivity contribution is 0.644. The van der Waals surface area contributed by atoms with Crippen LogP contribution in [0.4, 0.5) is 0 Å². The third kappa shape index (κ3) is 3.20. The third-order valence-electron chi connectivity index (χ3n) is 4.29. The Kier molecular flexibility index (Phi) is 4.43. The van der Waals surface area contributed by atoms with Crippen LogP contribution < -0.4 is 11.3 Å². The predicted octanol–water partition coefficient (Wildman–Crippen LogP) is 4.19. The van der Waals surface area contributed by atoms with Gasteiger partial charge in [0.15, 0.2) is 0 Å². The number of rotatable bonds is 3. The van der Waals surface area contributed by atoms with Gasteiger partial charge >= 0.3 is 0 Å². The summed E-state index contributed by atoms with van der Waals surface area (Å²) < 4.78 is 0. The Labute approximate surface area is 131 Å². The Morgan fingerprint density at radius 2 is 1.71 bits per heavy atom.